The van der Waals surface area contributed by atoms with Crippen LogP contribution in [0.2, 0.25) is 0 Å². The maximum Gasteiger partial charge on any atom is 0.246 e. The number of carbonyl (C=O) groups excluding carboxylic acids is 8. The topological polar surface area (TPSA) is 578 Å². The highest BCUT2D eigenvalue weighted by atomic mass is 16.6. The molecular weight excluding hydrogens is 1480 g/mol. The molecule has 0 aromatic heterocycles. The summed E-state index contributed by atoms with van der Waals surface area (Å²) in [6, 6.07) is -5.99. The molecule has 0 heterocycles. The Morgan fingerprint density at radius 1 is 0.366 bits per heavy atom. The molecule has 0 aliphatic heterocycles. The van der Waals surface area contributed by atoms with E-state index in [1.807, 2.05) is 0 Å². The molecule has 3 rings (SSSR count). The molecule has 0 aromatic carbocycles. The lowest BCUT2D eigenvalue weighted by Gasteiger charge is -2.42. The summed E-state index contributed by atoms with van der Waals surface area (Å²) in [5.41, 5.74) is 11.8. The van der Waals surface area contributed by atoms with Gasteiger partial charge in [0.2, 0.25) is 47.3 Å². The van der Waals surface area contributed by atoms with Crippen LogP contribution in [0.25, 0.3) is 0 Å². The Kier molecular flexibility index (Phi) is 56.0. The number of carbonyl (C=O) groups is 8. The van der Waals surface area contributed by atoms with Gasteiger partial charge in [0.05, 0.1) is 180 Å². The number of unbranched alkanes of at least 4 members (excludes halogenated alkanes) is 6. The lowest BCUT2D eigenvalue weighted by molar-refractivity contribution is -0.145. The largest absolute Gasteiger partial charge is 0.396 e. The van der Waals surface area contributed by atoms with Gasteiger partial charge in [-0.05, 0) is 90.0 Å². The zero-order valence-electron chi connectivity index (χ0n) is 65.8. The van der Waals surface area contributed by atoms with Crippen LogP contribution >= 0.6 is 0 Å². The Bertz CT molecular complexity index is 2550. The van der Waals surface area contributed by atoms with Crippen LogP contribution in [0.3, 0.4) is 0 Å². The number of rotatable bonds is 66. The Morgan fingerprint density at radius 3 is 1.07 bits per heavy atom. The first-order chi connectivity index (χ1) is 54.0. The molecule has 3 aliphatic rings. The van der Waals surface area contributed by atoms with Gasteiger partial charge in [0, 0.05) is 71.1 Å². The maximum absolute atomic E-state index is 14.5. The molecule has 8 amide bonds. The molecule has 4 unspecified atom stereocenters. The van der Waals surface area contributed by atoms with E-state index in [0.29, 0.717) is 58.0 Å². The van der Waals surface area contributed by atoms with E-state index >= 15 is 0 Å². The minimum atomic E-state index is -1.35. The summed E-state index contributed by atoms with van der Waals surface area (Å²) < 4.78 is 67.4. The van der Waals surface area contributed by atoms with Gasteiger partial charge in [0.25, 0.3) is 0 Å². The predicted molar refractivity (Wildman–Crippen MR) is 401 cm³/mol. The van der Waals surface area contributed by atoms with Crippen molar-refractivity contribution in [2.24, 2.45) is 29.2 Å². The summed E-state index contributed by atoms with van der Waals surface area (Å²) in [4.78, 5) is 105. The maximum atomic E-state index is 14.5. The Labute approximate surface area is 657 Å². The average Bonchev–Trinajstić information content (AvgIpc) is 0.824. The standard InChI is InChI=1S/C73H136N10O29/c1-4-5-6-11-20-78-71(98)53(14-7-10-17-74)82-73(100)55(16-9-13-19-77-60(90)46-108-30-27-101-21-24-104-33-36-110-56-39-50(42-84)65(92)68(95)62(56)75)83-72(99)54(81-61(91)47-109-32-29-103-23-26-106-35-38-112-58-41-52(44-86)67(94)70(97)64(58)80-49(3)88)15-8-12-18-76-59(89)45-107-31-28-102-22-25-105-34-37-111-57-40-51(43-85)66(93)69(96)63(57)79-48(2)87/h50-58,62-70,84-86,92-97H,4-47,74-75H2,1-3H3,(H,76,89)(H,77,90)(H,78,98)(H,79,87)(H,80,88)(H,81,91)(H,82,100)(H,83,99)/t50-,51-,52?,53?,54?,55?,56-,57-,58-,62+,63+,64+,65+,66+,67+,68-,69-,70-/m1/s1. The van der Waals surface area contributed by atoms with Crippen molar-refractivity contribution in [2.45, 2.75) is 215 Å². The van der Waals surface area contributed by atoms with Crippen molar-refractivity contribution in [3.05, 3.63) is 0 Å². The second-order valence-corrected chi connectivity index (χ2v) is 28.1. The van der Waals surface area contributed by atoms with E-state index in [1.54, 1.807) is 0 Å². The summed E-state index contributed by atoms with van der Waals surface area (Å²) in [5.74, 6) is -5.93. The molecule has 0 aromatic rings. The molecule has 39 nitrogen and oxygen atoms in total. The van der Waals surface area contributed by atoms with Crippen molar-refractivity contribution in [1.82, 2.24) is 42.5 Å². The Morgan fingerprint density at radius 2 is 0.688 bits per heavy atom. The lowest BCUT2D eigenvalue weighted by Crippen LogP contribution is -2.61. The molecule has 0 saturated heterocycles. The Balaban J connectivity index is 1.56. The molecular formula is C73H136N10O29. The van der Waals surface area contributed by atoms with Gasteiger partial charge in [-0.15, -0.1) is 0 Å². The number of hydrogen-bond donors (Lipinski definition) is 19. The van der Waals surface area contributed by atoms with Crippen LogP contribution in [0, 0.1) is 17.8 Å². The Hall–Kier alpha value is -5.16. The predicted octanol–water partition coefficient (Wildman–Crippen LogP) is -6.32. The van der Waals surface area contributed by atoms with Crippen molar-refractivity contribution >= 4 is 47.3 Å². The summed E-state index contributed by atoms with van der Waals surface area (Å²) >= 11 is 0. The first kappa shape index (κ1) is 101. The number of ether oxygens (including phenoxy) is 12. The minimum Gasteiger partial charge on any atom is -0.396 e. The number of hydrogen-bond acceptors (Lipinski definition) is 31. The van der Waals surface area contributed by atoms with E-state index in [-0.39, 0.29) is 197 Å². The summed E-state index contributed by atoms with van der Waals surface area (Å²) in [6.07, 6.45) is -2.32. The van der Waals surface area contributed by atoms with E-state index in [0.717, 1.165) is 25.7 Å². The quantitative estimate of drug-likeness (QED) is 0.0252. The molecule has 112 heavy (non-hydrogen) atoms. The molecule has 3 saturated carbocycles. The van der Waals surface area contributed by atoms with Gasteiger partial charge < -0.3 is 157 Å². The van der Waals surface area contributed by atoms with Crippen molar-refractivity contribution in [3.63, 3.8) is 0 Å². The number of amides is 8. The van der Waals surface area contributed by atoms with E-state index in [1.165, 1.54) is 13.8 Å². The highest BCUT2D eigenvalue weighted by Gasteiger charge is 2.46. The van der Waals surface area contributed by atoms with Gasteiger partial charge in [-0.2, -0.15) is 0 Å². The fourth-order valence-electron chi connectivity index (χ4n) is 12.9. The van der Waals surface area contributed by atoms with Crippen LogP contribution < -0.4 is 54.0 Å². The van der Waals surface area contributed by atoms with Gasteiger partial charge in [-0.1, -0.05) is 26.2 Å². The normalized spacial score (nSPS) is 24.6. The molecule has 652 valence electrons. The van der Waals surface area contributed by atoms with Crippen LogP contribution in [-0.4, -0.2) is 369 Å². The second-order valence-electron chi connectivity index (χ2n) is 28.1. The van der Waals surface area contributed by atoms with E-state index in [2.05, 4.69) is 49.5 Å². The highest BCUT2D eigenvalue weighted by Crippen LogP contribution is 2.30. The number of aliphatic hydroxyl groups is 9. The van der Waals surface area contributed by atoms with Crippen LogP contribution in [0.4, 0.5) is 0 Å². The number of aliphatic hydroxyl groups excluding tert-OH is 9. The molecule has 39 heteroatoms. The third kappa shape index (κ3) is 42.6. The van der Waals surface area contributed by atoms with Gasteiger partial charge >= 0.3 is 0 Å². The zero-order valence-corrected chi connectivity index (χ0v) is 65.8. The summed E-state index contributed by atoms with van der Waals surface area (Å²) in [6.45, 7) is 6.16. The molecule has 0 radical (unpaired) electrons. The van der Waals surface area contributed by atoms with E-state index in [9.17, 15) is 84.3 Å². The van der Waals surface area contributed by atoms with Crippen LogP contribution in [0.15, 0.2) is 0 Å². The molecule has 3 aliphatic carbocycles. The fraction of sp³-hybridized carbons (Fsp3) is 0.890. The minimum absolute atomic E-state index is 0.0301. The first-order valence-corrected chi connectivity index (χ1v) is 39.7. The third-order valence-corrected chi connectivity index (χ3v) is 19.2. The van der Waals surface area contributed by atoms with Crippen molar-refractivity contribution in [3.8, 4) is 0 Å². The fourth-order valence-corrected chi connectivity index (χ4v) is 12.9. The van der Waals surface area contributed by atoms with Crippen LogP contribution in [0.1, 0.15) is 124 Å². The van der Waals surface area contributed by atoms with Gasteiger partial charge in [0.1, 0.15) is 50.2 Å². The third-order valence-electron chi connectivity index (χ3n) is 19.2. The molecule has 3 fully saturated rings. The van der Waals surface area contributed by atoms with Crippen LogP contribution in [0.5, 0.6) is 0 Å². The smallest absolute Gasteiger partial charge is 0.246 e. The van der Waals surface area contributed by atoms with Crippen molar-refractivity contribution in [2.75, 3.05) is 185 Å². The van der Waals surface area contributed by atoms with Crippen molar-refractivity contribution < 1.29 is 141 Å². The first-order valence-electron chi connectivity index (χ1n) is 39.7. The zero-order chi connectivity index (χ0) is 82.3. The molecule has 0 bridgehead atoms. The average molecular weight is 1620 g/mol. The molecule has 18 atom stereocenters. The van der Waals surface area contributed by atoms with Gasteiger partial charge in [0.15, 0.2) is 0 Å². The second kappa shape index (κ2) is 62.1. The molecule has 21 N–H and O–H groups in total. The summed E-state index contributed by atoms with van der Waals surface area (Å²) in [5, 5.41) is 113. The summed E-state index contributed by atoms with van der Waals surface area (Å²) in [7, 11) is 0. The SMILES string of the molecule is CCCCCCNC(=O)C(CCCCN)NC(=O)C(CCCCNC(=O)COCCOCCOCCO[C@@H]1C[C@H](CO)[C@H](O)[C@H](O)[C@H]1N)NC(=O)C(CCCCNC(=O)COCCOCCOCCO[C@@H]1C[C@H](CO)[C@H](O)[C@H](O)[C@H]1NC(C)=O)NC(=O)COCCOCCOCCO[C@@H]1CC(CO)[C@H](O)[C@H](O)[C@H]1NC(C)=O. The number of nitrogens with two attached hydrogens (primary N) is 2. The monoisotopic (exact) mass is 1620 g/mol. The molecule has 0 spiro atoms. The van der Waals surface area contributed by atoms with E-state index < -0.39 is 163 Å². The van der Waals surface area contributed by atoms with Crippen LogP contribution in [-0.2, 0) is 95.2 Å². The van der Waals surface area contributed by atoms with E-state index in [4.69, 9.17) is 68.3 Å². The number of nitrogens with one attached hydrogen (secondary N) is 8. The highest BCUT2D eigenvalue weighted by molar-refractivity contribution is 5.94. The van der Waals surface area contributed by atoms with Gasteiger partial charge in [-0.25, -0.2) is 0 Å². The lowest BCUT2D eigenvalue weighted by atomic mass is 9.79. The van der Waals surface area contributed by atoms with Crippen molar-refractivity contribution in [1.29, 1.82) is 0 Å². The van der Waals surface area contributed by atoms with Gasteiger partial charge in [-0.3, -0.25) is 38.4 Å².